The Hall–Kier alpha value is -3.00. The van der Waals surface area contributed by atoms with Crippen LogP contribution in [0, 0.1) is 11.3 Å². The molecule has 4 saturated heterocycles. The number of ether oxygens (including phenoxy) is 3. The van der Waals surface area contributed by atoms with Gasteiger partial charge in [0.15, 0.2) is 0 Å². The van der Waals surface area contributed by atoms with E-state index in [1.54, 1.807) is 0 Å². The van der Waals surface area contributed by atoms with Crippen LogP contribution in [0.2, 0.25) is 0 Å². The van der Waals surface area contributed by atoms with E-state index >= 15 is 0 Å². The lowest BCUT2D eigenvalue weighted by molar-refractivity contribution is -0.0858. The van der Waals surface area contributed by atoms with E-state index in [4.69, 9.17) is 29.9 Å². The third kappa shape index (κ3) is 3.81. The molecule has 2 unspecified atom stereocenters. The summed E-state index contributed by atoms with van der Waals surface area (Å²) in [6.07, 6.45) is 6.92. The predicted octanol–water partition coefficient (Wildman–Crippen LogP) is 3.56. The molecule has 41 heavy (non-hydrogen) atoms. The summed E-state index contributed by atoms with van der Waals surface area (Å²) in [6.45, 7) is 4.50. The van der Waals surface area contributed by atoms with Gasteiger partial charge < -0.3 is 24.8 Å². The number of hydrogen-bond acceptors (Lipinski definition) is 9. The summed E-state index contributed by atoms with van der Waals surface area (Å²) in [5.74, 6) is 0.872. The normalized spacial score (nSPS) is 33.9. The lowest BCUT2D eigenvalue weighted by atomic mass is 9.72. The molecule has 6 heterocycles. The fourth-order valence-corrected chi connectivity index (χ4v) is 8.65. The molecule has 5 aliphatic heterocycles. The molecule has 1 aromatic carbocycles. The minimum absolute atomic E-state index is 0.0394. The van der Waals surface area contributed by atoms with Gasteiger partial charge in [0.05, 0.1) is 35.5 Å². The Morgan fingerprint density at radius 2 is 2.10 bits per heavy atom. The van der Waals surface area contributed by atoms with Gasteiger partial charge in [0.2, 0.25) is 0 Å². The third-order valence-corrected chi connectivity index (χ3v) is 10.9. The molecule has 0 amide bonds. The number of nitrogens with two attached hydrogens (primary N) is 1. The molecule has 0 bridgehead atoms. The second-order valence-electron chi connectivity index (χ2n) is 13.0. The number of nitrogens with zero attached hydrogens (tertiary/aromatic N) is 5. The van der Waals surface area contributed by atoms with E-state index in [0.717, 1.165) is 92.8 Å². The SMILES string of the molecule is N#Cc1c(N)ccc2c1[C@]1(CCC2)Cc2nc(OCC34CCCN3C[C@H](F)C4)nc(N3CCC34CCOC4)c2CO1. The molecule has 9 nitrogen and oxygen atoms in total. The van der Waals surface area contributed by atoms with E-state index in [2.05, 4.69) is 15.9 Å². The van der Waals surface area contributed by atoms with Crippen molar-refractivity contribution in [3.05, 3.63) is 40.1 Å². The number of nitriles is 1. The number of aryl methyl sites for hydroxylation is 1. The van der Waals surface area contributed by atoms with Gasteiger partial charge in [-0.1, -0.05) is 6.07 Å². The zero-order chi connectivity index (χ0) is 27.8. The van der Waals surface area contributed by atoms with Crippen molar-refractivity contribution in [1.82, 2.24) is 14.9 Å². The molecule has 6 aliphatic rings. The van der Waals surface area contributed by atoms with Crippen LogP contribution >= 0.6 is 0 Å². The maximum absolute atomic E-state index is 14.5. The van der Waals surface area contributed by atoms with E-state index in [1.807, 2.05) is 12.1 Å². The largest absolute Gasteiger partial charge is 0.461 e. The smallest absolute Gasteiger partial charge is 0.318 e. The van der Waals surface area contributed by atoms with Crippen LogP contribution in [0.5, 0.6) is 6.01 Å². The molecule has 0 saturated carbocycles. The summed E-state index contributed by atoms with van der Waals surface area (Å²) in [5, 5.41) is 10.1. The molecular formula is C31H37FN6O3. The van der Waals surface area contributed by atoms with Crippen molar-refractivity contribution in [3.8, 4) is 12.1 Å². The van der Waals surface area contributed by atoms with E-state index in [9.17, 15) is 9.65 Å². The van der Waals surface area contributed by atoms with Gasteiger partial charge in [0.1, 0.15) is 30.3 Å². The van der Waals surface area contributed by atoms with Crippen molar-refractivity contribution in [2.75, 3.05) is 50.1 Å². The van der Waals surface area contributed by atoms with Gasteiger partial charge in [-0.15, -0.1) is 0 Å². The second kappa shape index (κ2) is 9.25. The second-order valence-corrected chi connectivity index (χ2v) is 13.0. The molecule has 1 aliphatic carbocycles. The molecular weight excluding hydrogens is 523 g/mol. The monoisotopic (exact) mass is 560 g/mol. The molecule has 4 atom stereocenters. The number of anilines is 2. The fourth-order valence-electron chi connectivity index (χ4n) is 8.65. The van der Waals surface area contributed by atoms with Crippen LogP contribution in [0.1, 0.15) is 72.9 Å². The summed E-state index contributed by atoms with van der Waals surface area (Å²) >= 11 is 0. The maximum Gasteiger partial charge on any atom is 0.318 e. The molecule has 4 fully saturated rings. The van der Waals surface area contributed by atoms with Crippen LogP contribution in [0.4, 0.5) is 15.9 Å². The Balaban J connectivity index is 1.19. The van der Waals surface area contributed by atoms with Crippen molar-refractivity contribution >= 4 is 11.5 Å². The first-order valence-electron chi connectivity index (χ1n) is 15.2. The van der Waals surface area contributed by atoms with Gasteiger partial charge in [0, 0.05) is 49.4 Å². The number of aromatic nitrogens is 2. The van der Waals surface area contributed by atoms with Gasteiger partial charge in [-0.2, -0.15) is 15.2 Å². The number of benzene rings is 1. The van der Waals surface area contributed by atoms with E-state index < -0.39 is 11.8 Å². The minimum atomic E-state index is -0.813. The van der Waals surface area contributed by atoms with Gasteiger partial charge in [-0.05, 0) is 63.1 Å². The van der Waals surface area contributed by atoms with Gasteiger partial charge in [-0.25, -0.2) is 4.39 Å². The minimum Gasteiger partial charge on any atom is -0.461 e. The van der Waals surface area contributed by atoms with Crippen LogP contribution in [-0.2, 0) is 34.5 Å². The lowest BCUT2D eigenvalue weighted by Gasteiger charge is -2.52. The zero-order valence-corrected chi connectivity index (χ0v) is 23.5. The van der Waals surface area contributed by atoms with Crippen molar-refractivity contribution in [1.29, 1.82) is 5.26 Å². The highest BCUT2D eigenvalue weighted by Gasteiger charge is 2.52. The first-order valence-corrected chi connectivity index (χ1v) is 15.2. The Kier molecular flexibility index (Phi) is 5.80. The molecule has 1 aromatic heterocycles. The van der Waals surface area contributed by atoms with Crippen LogP contribution in [0.3, 0.4) is 0 Å². The summed E-state index contributed by atoms with van der Waals surface area (Å²) < 4.78 is 33.5. The number of halogens is 1. The molecule has 2 N–H and O–H groups in total. The first kappa shape index (κ1) is 25.7. The van der Waals surface area contributed by atoms with Gasteiger partial charge >= 0.3 is 6.01 Å². The number of nitrogen functional groups attached to an aromatic ring is 1. The van der Waals surface area contributed by atoms with Crippen LogP contribution in [0.25, 0.3) is 0 Å². The summed E-state index contributed by atoms with van der Waals surface area (Å²) in [4.78, 5) is 14.7. The van der Waals surface area contributed by atoms with E-state index in [-0.39, 0.29) is 11.1 Å². The molecule has 2 spiro atoms. The third-order valence-electron chi connectivity index (χ3n) is 10.9. The molecule has 0 radical (unpaired) electrons. The molecule has 2 aromatic rings. The number of rotatable bonds is 4. The predicted molar refractivity (Wildman–Crippen MR) is 149 cm³/mol. The summed E-state index contributed by atoms with van der Waals surface area (Å²) in [7, 11) is 0. The lowest BCUT2D eigenvalue weighted by Crippen LogP contribution is -2.61. The highest BCUT2D eigenvalue weighted by atomic mass is 19.1. The average molecular weight is 561 g/mol. The Labute approximate surface area is 239 Å². The molecule has 8 rings (SSSR count). The van der Waals surface area contributed by atoms with Crippen molar-refractivity contribution in [2.24, 2.45) is 0 Å². The van der Waals surface area contributed by atoms with E-state index in [0.29, 0.717) is 56.5 Å². The highest BCUT2D eigenvalue weighted by Crippen LogP contribution is 2.50. The van der Waals surface area contributed by atoms with Crippen LogP contribution in [-0.4, -0.2) is 71.6 Å². The molecule has 216 valence electrons. The van der Waals surface area contributed by atoms with E-state index in [1.165, 1.54) is 0 Å². The van der Waals surface area contributed by atoms with Crippen LogP contribution < -0.4 is 15.4 Å². The standard InChI is InChI=1S/C31H37FN6O3/c32-21-13-30(6-2-10-37(30)16-21)19-40-28-35-25-14-31(7-1-3-20-4-5-24(34)22(15-33)26(20)31)41-17-23(25)27(36-28)38-11-8-29(38)9-12-39-18-29/h4-5,21H,1-3,6-14,16-19,34H2/t21-,29?,30?,31+/m1/s1. The maximum atomic E-state index is 14.5. The Morgan fingerprint density at radius 1 is 1.17 bits per heavy atom. The number of hydrogen-bond donors (Lipinski definition) is 1. The Bertz CT molecular complexity index is 1440. The number of alkyl halides is 1. The summed E-state index contributed by atoms with van der Waals surface area (Å²) in [6, 6.07) is 6.60. The van der Waals surface area contributed by atoms with Crippen molar-refractivity contribution < 1.29 is 18.6 Å². The van der Waals surface area contributed by atoms with Gasteiger partial charge in [0.25, 0.3) is 0 Å². The molecule has 10 heteroatoms. The fraction of sp³-hybridized carbons (Fsp3) is 0.645. The topological polar surface area (TPSA) is 110 Å². The van der Waals surface area contributed by atoms with Gasteiger partial charge in [-0.3, -0.25) is 4.90 Å². The quantitative estimate of drug-likeness (QED) is 0.562. The first-order chi connectivity index (χ1) is 19.9. The zero-order valence-electron chi connectivity index (χ0n) is 23.5. The average Bonchev–Trinajstić information content (AvgIpc) is 3.67. The highest BCUT2D eigenvalue weighted by molar-refractivity contribution is 5.64. The van der Waals surface area contributed by atoms with Crippen molar-refractivity contribution in [2.45, 2.75) is 87.2 Å². The summed E-state index contributed by atoms with van der Waals surface area (Å²) in [5.41, 5.74) is 10.3. The number of fused-ring (bicyclic) bond motifs is 4. The van der Waals surface area contributed by atoms with Crippen molar-refractivity contribution in [3.63, 3.8) is 0 Å². The Morgan fingerprint density at radius 3 is 2.90 bits per heavy atom. The van der Waals surface area contributed by atoms with Crippen LogP contribution in [0.15, 0.2) is 12.1 Å².